The van der Waals surface area contributed by atoms with Crippen molar-refractivity contribution in [1.82, 2.24) is 0 Å². The molecule has 0 atom stereocenters. The van der Waals surface area contributed by atoms with Gasteiger partial charge in [-0.15, -0.1) is 0 Å². The van der Waals surface area contributed by atoms with Gasteiger partial charge in [0.05, 0.1) is 0 Å². The van der Waals surface area contributed by atoms with Crippen molar-refractivity contribution in [2.45, 2.75) is 155 Å². The van der Waals surface area contributed by atoms with E-state index in [4.69, 9.17) is 10.2 Å². The molecule has 2 nitrogen and oxygen atoms in total. The Bertz CT molecular complexity index is 349. The quantitative estimate of drug-likeness (QED) is 0.113. The highest BCUT2D eigenvalue weighted by molar-refractivity contribution is 4.81. The molecule has 0 heterocycles. The molecule has 0 aromatic carbocycles. The monoisotopic (exact) mass is 452 g/mol. The van der Waals surface area contributed by atoms with Crippen LogP contribution in [0.2, 0.25) is 0 Å². The molecule has 32 heavy (non-hydrogen) atoms. The fraction of sp³-hybridized carbons (Fsp3) is 0.867. The average molecular weight is 453 g/mol. The molecule has 0 saturated heterocycles. The van der Waals surface area contributed by atoms with E-state index in [9.17, 15) is 0 Å². The van der Waals surface area contributed by atoms with E-state index in [1.54, 1.807) is 0 Å². The van der Waals surface area contributed by atoms with Crippen LogP contribution in [0.1, 0.15) is 155 Å². The van der Waals surface area contributed by atoms with Gasteiger partial charge in [-0.25, -0.2) is 0 Å². The van der Waals surface area contributed by atoms with E-state index in [1.807, 2.05) is 0 Å². The summed E-state index contributed by atoms with van der Waals surface area (Å²) in [5.74, 6) is 0. The molecule has 0 aliphatic carbocycles. The van der Waals surface area contributed by atoms with Crippen LogP contribution in [0.25, 0.3) is 0 Å². The van der Waals surface area contributed by atoms with Gasteiger partial charge in [0.1, 0.15) is 0 Å². The molecule has 0 saturated carbocycles. The average Bonchev–Trinajstić information content (AvgIpc) is 2.81. The van der Waals surface area contributed by atoms with Crippen LogP contribution < -0.4 is 0 Å². The molecule has 0 rings (SSSR count). The van der Waals surface area contributed by atoms with E-state index in [2.05, 4.69) is 38.2 Å². The molecular weight excluding hydrogens is 392 g/mol. The summed E-state index contributed by atoms with van der Waals surface area (Å²) in [5, 5.41) is 17.2. The van der Waals surface area contributed by atoms with Crippen molar-refractivity contribution in [2.24, 2.45) is 0 Å². The Morgan fingerprint density at radius 1 is 0.375 bits per heavy atom. The highest BCUT2D eigenvalue weighted by Gasteiger charge is 1.92. The molecule has 0 aromatic heterocycles. The van der Waals surface area contributed by atoms with Crippen LogP contribution in [0.15, 0.2) is 24.3 Å². The fourth-order valence-electron chi connectivity index (χ4n) is 3.71. The van der Waals surface area contributed by atoms with Crippen LogP contribution >= 0.6 is 0 Å². The maximum atomic E-state index is 8.64. The van der Waals surface area contributed by atoms with Gasteiger partial charge >= 0.3 is 0 Å². The highest BCUT2D eigenvalue weighted by atomic mass is 16.3. The summed E-state index contributed by atoms with van der Waals surface area (Å²) in [6.45, 7) is 5.16. The molecule has 0 amide bonds. The van der Waals surface area contributed by atoms with Crippen molar-refractivity contribution in [3.05, 3.63) is 24.3 Å². The lowest BCUT2D eigenvalue weighted by molar-refractivity contribution is 0.282. The van der Waals surface area contributed by atoms with E-state index in [-0.39, 0.29) is 0 Å². The molecule has 0 aliphatic heterocycles. The van der Waals surface area contributed by atoms with E-state index in [0.29, 0.717) is 13.2 Å². The number of unbranched alkanes of at least 4 members (excludes halogenated alkanes) is 18. The van der Waals surface area contributed by atoms with Crippen molar-refractivity contribution >= 4 is 0 Å². The fourth-order valence-corrected chi connectivity index (χ4v) is 3.71. The highest BCUT2D eigenvalue weighted by Crippen LogP contribution is 2.11. The molecule has 192 valence electrons. The van der Waals surface area contributed by atoms with Crippen molar-refractivity contribution in [3.8, 4) is 0 Å². The van der Waals surface area contributed by atoms with Gasteiger partial charge in [-0.3, -0.25) is 0 Å². The number of hydrogen-bond acceptors (Lipinski definition) is 2. The normalized spacial score (nSPS) is 11.4. The zero-order valence-corrected chi connectivity index (χ0v) is 22.2. The van der Waals surface area contributed by atoms with Crippen LogP contribution in [-0.2, 0) is 0 Å². The van der Waals surface area contributed by atoms with E-state index >= 15 is 0 Å². The first-order valence-electron chi connectivity index (χ1n) is 14.3. The Balaban J connectivity index is 0. The molecule has 2 heteroatoms. The van der Waals surface area contributed by atoms with Crippen LogP contribution in [-0.4, -0.2) is 23.4 Å². The minimum Gasteiger partial charge on any atom is -0.396 e. The summed E-state index contributed by atoms with van der Waals surface area (Å²) in [4.78, 5) is 0. The third-order valence-corrected chi connectivity index (χ3v) is 5.85. The van der Waals surface area contributed by atoms with Crippen LogP contribution in [0, 0.1) is 0 Å². The molecular formula is C30H60O2. The summed E-state index contributed by atoms with van der Waals surface area (Å²) < 4.78 is 0. The molecule has 0 aliphatic rings. The summed E-state index contributed by atoms with van der Waals surface area (Å²) in [6, 6.07) is 0. The maximum absolute atomic E-state index is 8.64. The van der Waals surface area contributed by atoms with Crippen molar-refractivity contribution in [1.29, 1.82) is 0 Å². The number of aliphatic hydroxyl groups excluding tert-OH is 2. The molecule has 2 N–H and O–H groups in total. The molecule has 0 spiro atoms. The van der Waals surface area contributed by atoms with Gasteiger partial charge in [-0.1, -0.05) is 128 Å². The topological polar surface area (TPSA) is 40.5 Å². The Kier molecular flexibility index (Phi) is 36.7. The number of allylic oxidation sites excluding steroid dienone is 4. The third-order valence-electron chi connectivity index (χ3n) is 5.85. The predicted molar refractivity (Wildman–Crippen MR) is 145 cm³/mol. The van der Waals surface area contributed by atoms with Gasteiger partial charge in [0.15, 0.2) is 0 Å². The Morgan fingerprint density at radius 2 is 0.688 bits per heavy atom. The van der Waals surface area contributed by atoms with Crippen LogP contribution in [0.5, 0.6) is 0 Å². The summed E-state index contributed by atoms with van der Waals surface area (Å²) in [5.41, 5.74) is 0. The van der Waals surface area contributed by atoms with Gasteiger partial charge in [0.2, 0.25) is 0 Å². The van der Waals surface area contributed by atoms with Gasteiger partial charge in [0.25, 0.3) is 0 Å². The van der Waals surface area contributed by atoms with E-state index < -0.39 is 0 Å². The lowest BCUT2D eigenvalue weighted by Crippen LogP contribution is -1.84. The maximum Gasteiger partial charge on any atom is 0.0431 e. The second-order valence-electron chi connectivity index (χ2n) is 9.17. The number of rotatable bonds is 24. The lowest BCUT2D eigenvalue weighted by Gasteiger charge is -2.00. The first-order valence-corrected chi connectivity index (χ1v) is 14.3. The van der Waals surface area contributed by atoms with Crippen molar-refractivity contribution < 1.29 is 10.2 Å². The Labute approximate surface area is 203 Å². The predicted octanol–water partition coefficient (Wildman–Crippen LogP) is 9.69. The van der Waals surface area contributed by atoms with Crippen molar-refractivity contribution in [2.75, 3.05) is 13.2 Å². The number of hydrogen-bond donors (Lipinski definition) is 2. The minimum atomic E-state index is 0.365. The number of aliphatic hydroxyl groups is 2. The summed E-state index contributed by atoms with van der Waals surface area (Å²) in [6.07, 6.45) is 37.6. The Morgan fingerprint density at radius 3 is 1.03 bits per heavy atom. The lowest BCUT2D eigenvalue weighted by atomic mass is 10.1. The SMILES string of the molecule is CC/C=C/CCCCCCCCCCO.CCCC/C=C/CCCCCCCCCCO. The standard InChI is InChI=1S/C16H32O.C14H28O/c1-2-3-4-5-6-7-8-9-10-11-12-13-14-15-16-17;1-2-3-4-5-6-7-8-9-10-11-12-13-14-15/h5-6,17H,2-4,7-16H2,1H3;3-4,15H,2,5-14H2,1H3/b6-5+;4-3+. The molecule has 0 aromatic rings. The van der Waals surface area contributed by atoms with Gasteiger partial charge in [0, 0.05) is 13.2 Å². The van der Waals surface area contributed by atoms with E-state index in [1.165, 1.54) is 128 Å². The second kappa shape index (κ2) is 35.0. The van der Waals surface area contributed by atoms with Gasteiger partial charge in [-0.2, -0.15) is 0 Å². The first kappa shape index (κ1) is 33.6. The Hall–Kier alpha value is -0.600. The summed E-state index contributed by atoms with van der Waals surface area (Å²) in [7, 11) is 0. The molecule has 0 radical (unpaired) electrons. The second-order valence-corrected chi connectivity index (χ2v) is 9.17. The minimum absolute atomic E-state index is 0.365. The smallest absolute Gasteiger partial charge is 0.0431 e. The first-order chi connectivity index (χ1) is 15.8. The van der Waals surface area contributed by atoms with E-state index in [0.717, 1.165) is 12.8 Å². The molecule has 0 fully saturated rings. The van der Waals surface area contributed by atoms with Crippen LogP contribution in [0.4, 0.5) is 0 Å². The zero-order chi connectivity index (χ0) is 23.8. The van der Waals surface area contributed by atoms with Crippen molar-refractivity contribution in [3.63, 3.8) is 0 Å². The molecule has 0 bridgehead atoms. The zero-order valence-electron chi connectivity index (χ0n) is 22.2. The van der Waals surface area contributed by atoms with Gasteiger partial charge < -0.3 is 10.2 Å². The molecule has 0 unspecified atom stereocenters. The summed E-state index contributed by atoms with van der Waals surface area (Å²) >= 11 is 0. The van der Waals surface area contributed by atoms with Crippen LogP contribution in [0.3, 0.4) is 0 Å². The third kappa shape index (κ3) is 36.8. The van der Waals surface area contributed by atoms with Gasteiger partial charge in [-0.05, 0) is 51.4 Å². The largest absolute Gasteiger partial charge is 0.396 e.